The van der Waals surface area contributed by atoms with E-state index in [0.29, 0.717) is 18.8 Å². The van der Waals surface area contributed by atoms with E-state index in [1.54, 1.807) is 6.20 Å². The molecule has 3 heterocycles. The number of imidazole rings is 1. The molecule has 2 N–H and O–H groups in total. The Morgan fingerprint density at radius 3 is 2.81 bits per heavy atom. The summed E-state index contributed by atoms with van der Waals surface area (Å²) in [5.74, 6) is 1.46. The van der Waals surface area contributed by atoms with Crippen LogP contribution < -0.4 is 15.0 Å². The summed E-state index contributed by atoms with van der Waals surface area (Å²) in [6.45, 7) is 8.92. The van der Waals surface area contributed by atoms with E-state index in [4.69, 9.17) is 9.47 Å². The van der Waals surface area contributed by atoms with Crippen LogP contribution in [0.4, 0.5) is 11.6 Å². The fraction of sp³-hybridized carbons (Fsp3) is 0.400. The average molecular weight is 368 g/mol. The van der Waals surface area contributed by atoms with Crippen LogP contribution in [0.2, 0.25) is 0 Å². The average Bonchev–Trinajstić information content (AvgIpc) is 3.25. The number of hydrogen-bond acceptors (Lipinski definition) is 5. The van der Waals surface area contributed by atoms with Gasteiger partial charge in [0.15, 0.2) is 0 Å². The number of carbonyl (C=O) groups excluding carboxylic acids is 1. The minimum atomic E-state index is -0.105. The summed E-state index contributed by atoms with van der Waals surface area (Å²) in [5.41, 5.74) is 4.01. The van der Waals surface area contributed by atoms with Gasteiger partial charge in [-0.2, -0.15) is 0 Å². The van der Waals surface area contributed by atoms with Gasteiger partial charge in [0.2, 0.25) is 5.95 Å². The van der Waals surface area contributed by atoms with Crippen LogP contribution in [-0.2, 0) is 9.53 Å². The summed E-state index contributed by atoms with van der Waals surface area (Å²) in [6, 6.07) is 5.69. The van der Waals surface area contributed by atoms with Crippen molar-refractivity contribution in [2.45, 2.75) is 26.9 Å². The molecule has 0 bridgehead atoms. The zero-order chi connectivity index (χ0) is 19.0. The van der Waals surface area contributed by atoms with Gasteiger partial charge in [-0.05, 0) is 44.5 Å². The highest BCUT2D eigenvalue weighted by atomic mass is 16.5. The SMILES string of the molecule is C/C(=C1/C(=O)Nc2ccc(OC(C)C)cc21)c1cnc(N2CCOCC2)[nH]1. The Balaban J connectivity index is 1.68. The summed E-state index contributed by atoms with van der Waals surface area (Å²) in [5, 5.41) is 2.94. The highest BCUT2D eigenvalue weighted by molar-refractivity contribution is 6.36. The summed E-state index contributed by atoms with van der Waals surface area (Å²) in [4.78, 5) is 22.6. The molecular weight excluding hydrogens is 344 g/mol. The van der Waals surface area contributed by atoms with Gasteiger partial charge in [0, 0.05) is 24.3 Å². The molecule has 1 aromatic heterocycles. The van der Waals surface area contributed by atoms with Gasteiger partial charge in [-0.1, -0.05) is 0 Å². The monoisotopic (exact) mass is 368 g/mol. The van der Waals surface area contributed by atoms with Gasteiger partial charge in [0.1, 0.15) is 5.75 Å². The molecule has 2 aliphatic rings. The van der Waals surface area contributed by atoms with Crippen LogP contribution in [0.3, 0.4) is 0 Å². The smallest absolute Gasteiger partial charge is 0.256 e. The first-order valence-corrected chi connectivity index (χ1v) is 9.24. The predicted molar refractivity (Wildman–Crippen MR) is 105 cm³/mol. The number of morpholine rings is 1. The van der Waals surface area contributed by atoms with Gasteiger partial charge in [-0.3, -0.25) is 4.79 Å². The Labute approximate surface area is 158 Å². The lowest BCUT2D eigenvalue weighted by molar-refractivity contribution is -0.110. The molecule has 7 heteroatoms. The third kappa shape index (κ3) is 3.42. The molecule has 2 aliphatic heterocycles. The third-order valence-corrected chi connectivity index (χ3v) is 4.76. The fourth-order valence-corrected chi connectivity index (χ4v) is 3.44. The second-order valence-corrected chi connectivity index (χ2v) is 7.05. The van der Waals surface area contributed by atoms with E-state index in [1.807, 2.05) is 39.0 Å². The molecule has 0 aliphatic carbocycles. The first kappa shape index (κ1) is 17.6. The number of nitrogens with zero attached hydrogens (tertiary/aromatic N) is 2. The lowest BCUT2D eigenvalue weighted by Crippen LogP contribution is -2.36. The molecule has 0 unspecified atom stereocenters. The van der Waals surface area contributed by atoms with Gasteiger partial charge in [-0.15, -0.1) is 0 Å². The third-order valence-electron chi connectivity index (χ3n) is 4.76. The molecule has 7 nitrogen and oxygen atoms in total. The highest BCUT2D eigenvalue weighted by Gasteiger charge is 2.28. The lowest BCUT2D eigenvalue weighted by atomic mass is 10.00. The Morgan fingerprint density at radius 2 is 2.07 bits per heavy atom. The number of carbonyl (C=O) groups is 1. The molecule has 4 rings (SSSR count). The molecule has 1 amide bonds. The van der Waals surface area contributed by atoms with E-state index in [1.165, 1.54) is 0 Å². The van der Waals surface area contributed by atoms with Crippen LogP contribution in [0, 0.1) is 0 Å². The van der Waals surface area contributed by atoms with Crippen LogP contribution in [-0.4, -0.2) is 48.3 Å². The van der Waals surface area contributed by atoms with Crippen molar-refractivity contribution in [3.05, 3.63) is 35.7 Å². The molecule has 0 atom stereocenters. The first-order chi connectivity index (χ1) is 13.0. The number of benzene rings is 1. The van der Waals surface area contributed by atoms with Crippen LogP contribution in [0.1, 0.15) is 32.0 Å². The van der Waals surface area contributed by atoms with Crippen molar-refractivity contribution >= 4 is 28.7 Å². The van der Waals surface area contributed by atoms with Crippen molar-refractivity contribution in [1.82, 2.24) is 9.97 Å². The van der Waals surface area contributed by atoms with E-state index < -0.39 is 0 Å². The largest absolute Gasteiger partial charge is 0.491 e. The number of anilines is 2. The van der Waals surface area contributed by atoms with E-state index >= 15 is 0 Å². The summed E-state index contributed by atoms with van der Waals surface area (Å²) in [7, 11) is 0. The molecule has 0 saturated carbocycles. The van der Waals surface area contributed by atoms with Crippen molar-refractivity contribution in [2.24, 2.45) is 0 Å². The quantitative estimate of drug-likeness (QED) is 0.811. The van der Waals surface area contributed by atoms with Crippen LogP contribution in [0.15, 0.2) is 24.4 Å². The second-order valence-electron chi connectivity index (χ2n) is 7.05. The van der Waals surface area contributed by atoms with Crippen molar-refractivity contribution in [2.75, 3.05) is 36.5 Å². The van der Waals surface area contributed by atoms with E-state index in [9.17, 15) is 4.79 Å². The molecule has 0 spiro atoms. The van der Waals surface area contributed by atoms with Gasteiger partial charge in [0.05, 0.1) is 36.8 Å². The maximum absolute atomic E-state index is 12.6. The minimum Gasteiger partial charge on any atom is -0.491 e. The molecule has 1 fully saturated rings. The summed E-state index contributed by atoms with van der Waals surface area (Å²) >= 11 is 0. The number of aromatic nitrogens is 2. The van der Waals surface area contributed by atoms with Crippen molar-refractivity contribution in [1.29, 1.82) is 0 Å². The number of ether oxygens (including phenoxy) is 2. The van der Waals surface area contributed by atoms with Gasteiger partial charge < -0.3 is 24.7 Å². The topological polar surface area (TPSA) is 79.5 Å². The molecule has 142 valence electrons. The van der Waals surface area contributed by atoms with Crippen molar-refractivity contribution in [3.8, 4) is 5.75 Å². The molecular formula is C20H24N4O3. The number of aromatic amines is 1. The van der Waals surface area contributed by atoms with Crippen LogP contribution >= 0.6 is 0 Å². The molecule has 0 radical (unpaired) electrons. The number of rotatable bonds is 4. The lowest BCUT2D eigenvalue weighted by Gasteiger charge is -2.26. The Bertz CT molecular complexity index is 894. The summed E-state index contributed by atoms with van der Waals surface area (Å²) in [6.07, 6.45) is 1.86. The van der Waals surface area contributed by atoms with E-state index in [-0.39, 0.29) is 12.0 Å². The zero-order valence-electron chi connectivity index (χ0n) is 15.8. The number of H-pyrrole nitrogens is 1. The highest BCUT2D eigenvalue weighted by Crippen LogP contribution is 2.38. The molecule has 1 saturated heterocycles. The number of amides is 1. The molecule has 27 heavy (non-hydrogen) atoms. The van der Waals surface area contributed by atoms with Gasteiger partial charge in [-0.25, -0.2) is 4.98 Å². The van der Waals surface area contributed by atoms with Crippen molar-refractivity contribution in [3.63, 3.8) is 0 Å². The fourth-order valence-electron chi connectivity index (χ4n) is 3.44. The molecule has 2 aromatic rings. The van der Waals surface area contributed by atoms with Crippen LogP contribution in [0.5, 0.6) is 5.75 Å². The van der Waals surface area contributed by atoms with Crippen molar-refractivity contribution < 1.29 is 14.3 Å². The molecule has 1 aromatic carbocycles. The Kier molecular flexibility index (Phi) is 4.61. The predicted octanol–water partition coefficient (Wildman–Crippen LogP) is 2.92. The normalized spacial score (nSPS) is 18.5. The Morgan fingerprint density at radius 1 is 1.30 bits per heavy atom. The number of allylic oxidation sites excluding steroid dienone is 1. The first-order valence-electron chi connectivity index (χ1n) is 9.24. The van der Waals surface area contributed by atoms with Crippen LogP contribution in [0.25, 0.3) is 11.1 Å². The maximum Gasteiger partial charge on any atom is 0.256 e. The zero-order valence-corrected chi connectivity index (χ0v) is 15.8. The standard InChI is InChI=1S/C20H24N4O3/c1-12(2)27-14-4-5-16-15(10-14)18(19(25)22-16)13(3)17-11-21-20(23-17)24-6-8-26-9-7-24/h4-5,10-12H,6-9H2,1-3H3,(H,21,23)(H,22,25)/b18-13-. The minimum absolute atomic E-state index is 0.0744. The maximum atomic E-state index is 12.6. The van der Waals surface area contributed by atoms with Gasteiger partial charge in [0.25, 0.3) is 5.91 Å². The van der Waals surface area contributed by atoms with Gasteiger partial charge >= 0.3 is 0 Å². The summed E-state index contributed by atoms with van der Waals surface area (Å²) < 4.78 is 11.2. The number of fused-ring (bicyclic) bond motifs is 1. The number of nitrogens with one attached hydrogen (secondary N) is 2. The Hall–Kier alpha value is -2.80. The number of hydrogen-bond donors (Lipinski definition) is 2. The van der Waals surface area contributed by atoms with E-state index in [2.05, 4.69) is 20.2 Å². The second kappa shape index (κ2) is 7.08. The van der Waals surface area contributed by atoms with E-state index in [0.717, 1.165) is 47.3 Å².